The Kier molecular flexibility index (Phi) is 5.45. The van der Waals surface area contributed by atoms with Gasteiger partial charge in [-0.15, -0.1) is 0 Å². The number of rotatable bonds is 6. The Hall–Kier alpha value is -0.120. The van der Waals surface area contributed by atoms with Crippen molar-refractivity contribution in [2.75, 3.05) is 20.8 Å². The zero-order valence-corrected chi connectivity index (χ0v) is 9.58. The zero-order chi connectivity index (χ0) is 10.4. The van der Waals surface area contributed by atoms with E-state index < -0.39 is 0 Å². The lowest BCUT2D eigenvalue weighted by Crippen LogP contribution is -2.39. The van der Waals surface area contributed by atoms with Crippen molar-refractivity contribution in [2.45, 2.75) is 44.9 Å². The topological polar surface area (TPSA) is 30.5 Å². The molecule has 0 heterocycles. The number of methoxy groups -OCH3 is 2. The maximum Gasteiger partial charge on any atom is 0.169 e. The summed E-state index contributed by atoms with van der Waals surface area (Å²) < 4.78 is 10.3. The summed E-state index contributed by atoms with van der Waals surface area (Å²) in [5, 5.41) is 3.48. The fraction of sp³-hybridized carbons (Fsp3) is 1.00. The molecule has 14 heavy (non-hydrogen) atoms. The van der Waals surface area contributed by atoms with Crippen LogP contribution in [0.5, 0.6) is 0 Å². The van der Waals surface area contributed by atoms with E-state index in [0.717, 1.165) is 12.5 Å². The maximum absolute atomic E-state index is 5.13. The molecule has 1 saturated carbocycles. The summed E-state index contributed by atoms with van der Waals surface area (Å²) in [4.78, 5) is 0. The van der Waals surface area contributed by atoms with Gasteiger partial charge >= 0.3 is 0 Å². The van der Waals surface area contributed by atoms with E-state index in [1.807, 2.05) is 0 Å². The van der Waals surface area contributed by atoms with E-state index in [1.165, 1.54) is 25.7 Å². The van der Waals surface area contributed by atoms with Crippen molar-refractivity contribution in [1.29, 1.82) is 0 Å². The van der Waals surface area contributed by atoms with Crippen molar-refractivity contribution < 1.29 is 9.47 Å². The molecule has 1 fully saturated rings. The molecule has 0 aromatic heterocycles. The third kappa shape index (κ3) is 3.56. The van der Waals surface area contributed by atoms with Crippen LogP contribution < -0.4 is 5.32 Å². The molecule has 0 amide bonds. The van der Waals surface area contributed by atoms with E-state index >= 15 is 0 Å². The molecule has 0 aromatic carbocycles. The molecule has 1 aliphatic rings. The van der Waals surface area contributed by atoms with Crippen LogP contribution in [-0.4, -0.2) is 33.1 Å². The van der Waals surface area contributed by atoms with Gasteiger partial charge in [-0.3, -0.25) is 0 Å². The lowest BCUT2D eigenvalue weighted by Gasteiger charge is -2.23. The van der Waals surface area contributed by atoms with Gasteiger partial charge in [-0.05, 0) is 25.7 Å². The van der Waals surface area contributed by atoms with E-state index in [9.17, 15) is 0 Å². The Morgan fingerprint density at radius 1 is 1.21 bits per heavy atom. The Labute approximate surface area is 87.2 Å². The maximum atomic E-state index is 5.13. The van der Waals surface area contributed by atoms with Crippen LogP contribution in [0.4, 0.5) is 0 Å². The first-order chi connectivity index (χ1) is 6.77. The van der Waals surface area contributed by atoms with Gasteiger partial charge in [0, 0.05) is 26.8 Å². The fourth-order valence-electron chi connectivity index (χ4n) is 2.17. The summed E-state index contributed by atoms with van der Waals surface area (Å²) in [6.07, 6.45) is 5.43. The molecule has 3 nitrogen and oxygen atoms in total. The van der Waals surface area contributed by atoms with Gasteiger partial charge in [0.05, 0.1) is 0 Å². The van der Waals surface area contributed by atoms with Crippen molar-refractivity contribution in [3.63, 3.8) is 0 Å². The van der Waals surface area contributed by atoms with Crippen molar-refractivity contribution in [2.24, 2.45) is 5.92 Å². The molecular formula is C11H23NO2. The molecule has 0 radical (unpaired) electrons. The molecule has 1 atom stereocenters. The Morgan fingerprint density at radius 2 is 1.79 bits per heavy atom. The number of nitrogens with one attached hydrogen (secondary N) is 1. The summed E-state index contributed by atoms with van der Waals surface area (Å²) in [5.74, 6) is 0.851. The molecule has 1 rings (SSSR count). The monoisotopic (exact) mass is 201 g/mol. The highest BCUT2D eigenvalue weighted by Gasteiger charge is 2.21. The molecule has 1 aliphatic carbocycles. The van der Waals surface area contributed by atoms with E-state index in [4.69, 9.17) is 9.47 Å². The van der Waals surface area contributed by atoms with Crippen LogP contribution in [-0.2, 0) is 9.47 Å². The van der Waals surface area contributed by atoms with E-state index in [-0.39, 0.29) is 6.29 Å². The van der Waals surface area contributed by atoms with E-state index in [1.54, 1.807) is 14.2 Å². The molecule has 0 spiro atoms. The van der Waals surface area contributed by atoms with Gasteiger partial charge < -0.3 is 14.8 Å². The molecule has 0 unspecified atom stereocenters. The lowest BCUT2D eigenvalue weighted by atomic mass is 10.00. The number of hydrogen-bond acceptors (Lipinski definition) is 3. The fourth-order valence-corrected chi connectivity index (χ4v) is 2.17. The van der Waals surface area contributed by atoms with Gasteiger partial charge in [0.15, 0.2) is 6.29 Å². The third-order valence-electron chi connectivity index (χ3n) is 3.24. The van der Waals surface area contributed by atoms with Crippen molar-refractivity contribution in [1.82, 2.24) is 5.32 Å². The first-order valence-electron chi connectivity index (χ1n) is 5.57. The highest BCUT2D eigenvalue weighted by atomic mass is 16.7. The van der Waals surface area contributed by atoms with Crippen LogP contribution in [0.25, 0.3) is 0 Å². The average molecular weight is 201 g/mol. The number of ether oxygens (including phenoxy) is 2. The quantitative estimate of drug-likeness (QED) is 0.664. The Balaban J connectivity index is 2.15. The second-order valence-corrected chi connectivity index (χ2v) is 4.14. The van der Waals surface area contributed by atoms with Gasteiger partial charge in [-0.25, -0.2) is 0 Å². The minimum absolute atomic E-state index is 0.112. The minimum Gasteiger partial charge on any atom is -0.355 e. The van der Waals surface area contributed by atoms with Gasteiger partial charge in [0.2, 0.25) is 0 Å². The summed E-state index contributed by atoms with van der Waals surface area (Å²) in [5.41, 5.74) is 0. The predicted molar refractivity (Wildman–Crippen MR) is 57.2 cm³/mol. The van der Waals surface area contributed by atoms with Crippen molar-refractivity contribution in [3.05, 3.63) is 0 Å². The minimum atomic E-state index is -0.112. The first-order valence-corrected chi connectivity index (χ1v) is 5.57. The lowest BCUT2D eigenvalue weighted by molar-refractivity contribution is -0.100. The van der Waals surface area contributed by atoms with Crippen LogP contribution in [0.1, 0.15) is 32.6 Å². The summed E-state index contributed by atoms with van der Waals surface area (Å²) >= 11 is 0. The second kappa shape index (κ2) is 6.38. The molecule has 0 aliphatic heterocycles. The first kappa shape index (κ1) is 12.0. The molecule has 3 heteroatoms. The van der Waals surface area contributed by atoms with Crippen molar-refractivity contribution in [3.8, 4) is 0 Å². The van der Waals surface area contributed by atoms with Crippen LogP contribution in [0.3, 0.4) is 0 Å². The standard InChI is InChI=1S/C11H23NO2/c1-9(10-6-4-5-7-10)12-8-11(13-2)14-3/h9-12H,4-8H2,1-3H3/t9-/m0/s1. The van der Waals surface area contributed by atoms with Crippen LogP contribution in [0.2, 0.25) is 0 Å². The summed E-state index contributed by atoms with van der Waals surface area (Å²) in [6.45, 7) is 3.04. The highest BCUT2D eigenvalue weighted by Crippen LogP contribution is 2.27. The third-order valence-corrected chi connectivity index (χ3v) is 3.24. The molecule has 0 aromatic rings. The van der Waals surface area contributed by atoms with Crippen LogP contribution in [0, 0.1) is 5.92 Å². The predicted octanol–water partition coefficient (Wildman–Crippen LogP) is 1.77. The Bertz CT molecular complexity index is 142. The van der Waals surface area contributed by atoms with Gasteiger partial charge in [-0.2, -0.15) is 0 Å². The smallest absolute Gasteiger partial charge is 0.169 e. The second-order valence-electron chi connectivity index (χ2n) is 4.14. The molecule has 0 saturated heterocycles. The van der Waals surface area contributed by atoms with Crippen LogP contribution >= 0.6 is 0 Å². The normalized spacial score (nSPS) is 20.6. The van der Waals surface area contributed by atoms with Gasteiger partial charge in [-0.1, -0.05) is 12.8 Å². The largest absolute Gasteiger partial charge is 0.355 e. The van der Waals surface area contributed by atoms with Gasteiger partial charge in [0.25, 0.3) is 0 Å². The number of hydrogen-bond donors (Lipinski definition) is 1. The Morgan fingerprint density at radius 3 is 2.29 bits per heavy atom. The summed E-state index contributed by atoms with van der Waals surface area (Å²) in [6, 6.07) is 0.588. The molecule has 0 bridgehead atoms. The zero-order valence-electron chi connectivity index (χ0n) is 9.58. The van der Waals surface area contributed by atoms with E-state index in [2.05, 4.69) is 12.2 Å². The van der Waals surface area contributed by atoms with Gasteiger partial charge in [0.1, 0.15) is 0 Å². The van der Waals surface area contributed by atoms with Crippen LogP contribution in [0.15, 0.2) is 0 Å². The molecular weight excluding hydrogens is 178 g/mol. The molecule has 1 N–H and O–H groups in total. The molecule has 84 valence electrons. The summed E-state index contributed by atoms with van der Waals surface area (Å²) in [7, 11) is 3.35. The highest BCUT2D eigenvalue weighted by molar-refractivity contribution is 4.77. The average Bonchev–Trinajstić information content (AvgIpc) is 2.72. The van der Waals surface area contributed by atoms with Crippen molar-refractivity contribution >= 4 is 0 Å². The van der Waals surface area contributed by atoms with E-state index in [0.29, 0.717) is 6.04 Å². The SMILES string of the molecule is COC(CN[C@@H](C)C1CCCC1)OC.